The number of rotatable bonds is 9. The van der Waals surface area contributed by atoms with E-state index < -0.39 is 11.8 Å². The van der Waals surface area contributed by atoms with E-state index in [1.807, 2.05) is 16.8 Å². The lowest BCUT2D eigenvalue weighted by Gasteiger charge is -2.10. The molecule has 0 saturated carbocycles. The van der Waals surface area contributed by atoms with Crippen LogP contribution in [0.5, 0.6) is 0 Å². The summed E-state index contributed by atoms with van der Waals surface area (Å²) in [5.74, 6) is 0.625. The first-order valence-corrected chi connectivity index (χ1v) is 10.8. The molecule has 32 heavy (non-hydrogen) atoms. The number of halogens is 2. The normalized spacial score (nSPS) is 12.4. The SMILES string of the molecule is CCCCc1nc(C(C)CC)nn1Cc1ccc(-n2c(F)cc(F)c2-c2nn[nH]n2)cc1. The van der Waals surface area contributed by atoms with Crippen molar-refractivity contribution in [3.63, 3.8) is 0 Å². The summed E-state index contributed by atoms with van der Waals surface area (Å²) in [5.41, 5.74) is 1.36. The third-order valence-electron chi connectivity index (χ3n) is 5.57. The minimum absolute atomic E-state index is 0.0174. The molecule has 0 saturated heterocycles. The minimum atomic E-state index is -0.756. The highest BCUT2D eigenvalue weighted by Gasteiger charge is 2.22. The Morgan fingerprint density at radius 3 is 2.56 bits per heavy atom. The number of H-pyrrole nitrogens is 1. The zero-order chi connectivity index (χ0) is 22.7. The molecule has 8 nitrogen and oxygen atoms in total. The predicted octanol–water partition coefficient (Wildman–Crippen LogP) is 4.43. The fourth-order valence-electron chi connectivity index (χ4n) is 3.53. The minimum Gasteiger partial charge on any atom is -0.280 e. The molecule has 1 aromatic carbocycles. The van der Waals surface area contributed by atoms with Crippen LogP contribution in [0.2, 0.25) is 0 Å². The monoisotopic (exact) mass is 440 g/mol. The lowest BCUT2D eigenvalue weighted by Crippen LogP contribution is -2.08. The van der Waals surface area contributed by atoms with E-state index in [9.17, 15) is 8.78 Å². The summed E-state index contributed by atoms with van der Waals surface area (Å²) in [6.07, 6.45) is 3.99. The molecule has 0 spiro atoms. The zero-order valence-corrected chi connectivity index (χ0v) is 18.4. The van der Waals surface area contributed by atoms with Crippen molar-refractivity contribution in [3.05, 3.63) is 59.3 Å². The van der Waals surface area contributed by atoms with Crippen LogP contribution in [0.3, 0.4) is 0 Å². The maximum Gasteiger partial charge on any atom is 0.224 e. The van der Waals surface area contributed by atoms with E-state index in [0.29, 0.717) is 18.2 Å². The lowest BCUT2D eigenvalue weighted by atomic mass is 10.1. The van der Waals surface area contributed by atoms with E-state index in [2.05, 4.69) is 41.4 Å². The molecule has 0 bridgehead atoms. The number of aromatic nitrogens is 8. The molecule has 3 heterocycles. The van der Waals surface area contributed by atoms with Gasteiger partial charge in [0.15, 0.2) is 11.6 Å². The average molecular weight is 441 g/mol. The number of unbranched alkanes of at least 4 members (excludes halogenated alkanes) is 1. The molecule has 0 amide bonds. The first-order chi connectivity index (χ1) is 15.5. The van der Waals surface area contributed by atoms with Gasteiger partial charge in [-0.3, -0.25) is 4.57 Å². The molecule has 4 aromatic rings. The molecule has 0 radical (unpaired) electrons. The van der Waals surface area contributed by atoms with Crippen LogP contribution < -0.4 is 0 Å². The van der Waals surface area contributed by atoms with Crippen molar-refractivity contribution in [2.24, 2.45) is 0 Å². The number of benzene rings is 1. The van der Waals surface area contributed by atoms with E-state index in [4.69, 9.17) is 10.1 Å². The van der Waals surface area contributed by atoms with Gasteiger partial charge in [0.25, 0.3) is 0 Å². The second-order valence-corrected chi connectivity index (χ2v) is 7.86. The fourth-order valence-corrected chi connectivity index (χ4v) is 3.53. The Bertz CT molecular complexity index is 1160. The molecule has 4 rings (SSSR count). The first kappa shape index (κ1) is 21.8. The van der Waals surface area contributed by atoms with Crippen molar-refractivity contribution in [1.82, 2.24) is 40.0 Å². The highest BCUT2D eigenvalue weighted by Crippen LogP contribution is 2.27. The summed E-state index contributed by atoms with van der Waals surface area (Å²) < 4.78 is 31.9. The van der Waals surface area contributed by atoms with Crippen LogP contribution in [0.25, 0.3) is 17.2 Å². The summed E-state index contributed by atoms with van der Waals surface area (Å²) in [7, 11) is 0. The Morgan fingerprint density at radius 1 is 1.12 bits per heavy atom. The molecule has 1 unspecified atom stereocenters. The van der Waals surface area contributed by atoms with Gasteiger partial charge in [-0.25, -0.2) is 14.1 Å². The third-order valence-corrected chi connectivity index (χ3v) is 5.57. The second kappa shape index (κ2) is 9.37. The number of hydrogen-bond acceptors (Lipinski definition) is 5. The Hall–Kier alpha value is -3.43. The van der Waals surface area contributed by atoms with Crippen molar-refractivity contribution < 1.29 is 8.78 Å². The Labute approximate surface area is 184 Å². The van der Waals surface area contributed by atoms with Gasteiger partial charge in [0.2, 0.25) is 11.8 Å². The lowest BCUT2D eigenvalue weighted by molar-refractivity contribution is 0.559. The fraction of sp³-hybridized carbons (Fsp3) is 0.409. The van der Waals surface area contributed by atoms with Crippen molar-refractivity contribution >= 4 is 0 Å². The number of aryl methyl sites for hydroxylation is 1. The van der Waals surface area contributed by atoms with E-state index >= 15 is 0 Å². The molecular weight excluding hydrogens is 414 g/mol. The smallest absolute Gasteiger partial charge is 0.224 e. The summed E-state index contributed by atoms with van der Waals surface area (Å²) >= 11 is 0. The largest absolute Gasteiger partial charge is 0.280 e. The number of tetrazole rings is 1. The van der Waals surface area contributed by atoms with Crippen molar-refractivity contribution in [2.75, 3.05) is 0 Å². The molecule has 0 aliphatic rings. The van der Waals surface area contributed by atoms with Crippen LogP contribution in [0, 0.1) is 11.8 Å². The summed E-state index contributed by atoms with van der Waals surface area (Å²) in [4.78, 5) is 4.77. The van der Waals surface area contributed by atoms with Gasteiger partial charge in [-0.15, -0.1) is 10.2 Å². The van der Waals surface area contributed by atoms with Gasteiger partial charge in [-0.05, 0) is 35.8 Å². The predicted molar refractivity (Wildman–Crippen MR) is 115 cm³/mol. The number of nitrogens with zero attached hydrogens (tertiary/aromatic N) is 7. The molecule has 1 N–H and O–H groups in total. The quantitative estimate of drug-likeness (QED) is 0.416. The van der Waals surface area contributed by atoms with Crippen LogP contribution in [-0.2, 0) is 13.0 Å². The van der Waals surface area contributed by atoms with Crippen LogP contribution in [0.4, 0.5) is 8.78 Å². The molecule has 0 aliphatic carbocycles. The van der Waals surface area contributed by atoms with E-state index in [1.165, 1.54) is 0 Å². The van der Waals surface area contributed by atoms with Crippen LogP contribution in [-0.4, -0.2) is 40.0 Å². The van der Waals surface area contributed by atoms with Gasteiger partial charge in [-0.2, -0.15) is 14.7 Å². The van der Waals surface area contributed by atoms with Crippen LogP contribution in [0.15, 0.2) is 30.3 Å². The Balaban J connectivity index is 1.62. The second-order valence-electron chi connectivity index (χ2n) is 7.86. The van der Waals surface area contributed by atoms with Gasteiger partial charge in [0.1, 0.15) is 11.5 Å². The van der Waals surface area contributed by atoms with Gasteiger partial charge < -0.3 is 0 Å². The maximum absolute atomic E-state index is 14.5. The topological polar surface area (TPSA) is 90.1 Å². The van der Waals surface area contributed by atoms with E-state index in [1.54, 1.807) is 12.1 Å². The van der Waals surface area contributed by atoms with Crippen molar-refractivity contribution in [2.45, 2.75) is 58.9 Å². The van der Waals surface area contributed by atoms with E-state index in [0.717, 1.165) is 53.5 Å². The summed E-state index contributed by atoms with van der Waals surface area (Å²) in [6, 6.07) is 8.03. The maximum atomic E-state index is 14.5. The standard InChI is InChI=1S/C22H26F2N8/c1-4-6-7-19-25-21(14(3)5-2)28-31(19)13-15-8-10-16(11-9-15)32-18(24)12-17(23)20(32)22-26-29-30-27-22/h8-12,14H,4-7,13H2,1-3H3,(H,26,27,29,30). The molecule has 0 fully saturated rings. The molecule has 10 heteroatoms. The molecule has 3 aromatic heterocycles. The molecule has 0 aliphatic heterocycles. The number of nitrogens with one attached hydrogen (secondary N) is 1. The number of aromatic amines is 1. The van der Waals surface area contributed by atoms with Crippen LogP contribution >= 0.6 is 0 Å². The summed E-state index contributed by atoms with van der Waals surface area (Å²) in [5, 5.41) is 18.0. The highest BCUT2D eigenvalue weighted by atomic mass is 19.1. The van der Waals surface area contributed by atoms with E-state index in [-0.39, 0.29) is 11.5 Å². The Kier molecular flexibility index (Phi) is 6.38. The van der Waals surface area contributed by atoms with Gasteiger partial charge in [0, 0.05) is 24.1 Å². The van der Waals surface area contributed by atoms with Gasteiger partial charge in [-0.1, -0.05) is 39.3 Å². The first-order valence-electron chi connectivity index (χ1n) is 10.8. The molecular formula is C22H26F2N8. The molecule has 1 atom stereocenters. The summed E-state index contributed by atoms with van der Waals surface area (Å²) in [6.45, 7) is 6.97. The van der Waals surface area contributed by atoms with Crippen molar-refractivity contribution in [3.8, 4) is 17.2 Å². The van der Waals surface area contributed by atoms with Crippen LogP contribution in [0.1, 0.15) is 63.2 Å². The Morgan fingerprint density at radius 2 is 1.91 bits per heavy atom. The molecule has 168 valence electrons. The van der Waals surface area contributed by atoms with Crippen molar-refractivity contribution in [1.29, 1.82) is 0 Å². The highest BCUT2D eigenvalue weighted by molar-refractivity contribution is 5.56. The third kappa shape index (κ3) is 4.30. The number of hydrogen-bond donors (Lipinski definition) is 1. The zero-order valence-electron chi connectivity index (χ0n) is 18.4. The van der Waals surface area contributed by atoms with Gasteiger partial charge in [0.05, 0.1) is 6.54 Å². The van der Waals surface area contributed by atoms with Gasteiger partial charge >= 0.3 is 0 Å². The average Bonchev–Trinajstić information content (AvgIpc) is 3.51.